The predicted molar refractivity (Wildman–Crippen MR) is 72.1 cm³/mol. The van der Waals surface area contributed by atoms with Gasteiger partial charge in [0.15, 0.2) is 0 Å². The second-order valence-corrected chi connectivity index (χ2v) is 4.44. The number of methoxy groups -OCH3 is 1. The highest BCUT2D eigenvalue weighted by molar-refractivity contribution is 5.93. The zero-order chi connectivity index (χ0) is 13.8. The molecule has 1 heterocycles. The fourth-order valence-electron chi connectivity index (χ4n) is 1.87. The van der Waals surface area contributed by atoms with E-state index in [2.05, 4.69) is 10.2 Å². The summed E-state index contributed by atoms with van der Waals surface area (Å²) in [5.41, 5.74) is 2.40. The maximum atomic E-state index is 12.2. The number of nitrogens with one attached hydrogen (secondary N) is 1. The van der Waals surface area contributed by atoms with Gasteiger partial charge in [0.2, 0.25) is 0 Å². The summed E-state index contributed by atoms with van der Waals surface area (Å²) >= 11 is 0. The molecule has 0 atom stereocenters. The summed E-state index contributed by atoms with van der Waals surface area (Å²) in [5, 5.41) is 6.60. The predicted octanol–water partition coefficient (Wildman–Crippen LogP) is 2.00. The highest BCUT2D eigenvalue weighted by atomic mass is 16.5. The van der Waals surface area contributed by atoms with Crippen LogP contribution in [0.1, 0.15) is 21.6 Å². The first kappa shape index (κ1) is 13.1. The van der Waals surface area contributed by atoms with E-state index in [4.69, 9.17) is 4.74 Å². The Morgan fingerprint density at radius 3 is 2.89 bits per heavy atom. The standard InChI is InChI=1S/C14H17N3O2/c1-10-8-15-16-13(10)14(18)17(2)9-11-5-4-6-12(7-11)19-3/h4-8H,9H2,1-3H3,(H,15,16). The van der Waals surface area contributed by atoms with Crippen LogP contribution in [0.25, 0.3) is 0 Å². The highest BCUT2D eigenvalue weighted by Gasteiger charge is 2.16. The largest absolute Gasteiger partial charge is 0.497 e. The molecule has 0 fully saturated rings. The van der Waals surface area contributed by atoms with Crippen LogP contribution in [0.3, 0.4) is 0 Å². The number of rotatable bonds is 4. The van der Waals surface area contributed by atoms with Crippen molar-refractivity contribution in [2.24, 2.45) is 0 Å². The van der Waals surface area contributed by atoms with E-state index in [1.165, 1.54) is 0 Å². The minimum Gasteiger partial charge on any atom is -0.497 e. The molecule has 1 aromatic heterocycles. The Morgan fingerprint density at radius 1 is 1.47 bits per heavy atom. The Balaban J connectivity index is 2.10. The quantitative estimate of drug-likeness (QED) is 0.913. The summed E-state index contributed by atoms with van der Waals surface area (Å²) in [6.45, 7) is 2.38. The number of aromatic nitrogens is 2. The van der Waals surface area contributed by atoms with E-state index in [9.17, 15) is 4.79 Å². The number of amides is 1. The van der Waals surface area contributed by atoms with Crippen LogP contribution in [0.5, 0.6) is 5.75 Å². The number of ether oxygens (including phenoxy) is 1. The molecule has 2 aromatic rings. The Morgan fingerprint density at radius 2 is 2.26 bits per heavy atom. The van der Waals surface area contributed by atoms with Gasteiger partial charge in [0.1, 0.15) is 11.4 Å². The first-order valence-electron chi connectivity index (χ1n) is 6.00. The summed E-state index contributed by atoms with van der Waals surface area (Å²) in [4.78, 5) is 13.9. The number of benzene rings is 1. The molecule has 2 rings (SSSR count). The van der Waals surface area contributed by atoms with Gasteiger partial charge in [-0.25, -0.2) is 0 Å². The van der Waals surface area contributed by atoms with Crippen LogP contribution in [-0.4, -0.2) is 35.2 Å². The third kappa shape index (κ3) is 2.93. The van der Waals surface area contributed by atoms with Crippen molar-refractivity contribution in [2.45, 2.75) is 13.5 Å². The van der Waals surface area contributed by atoms with Crippen LogP contribution < -0.4 is 4.74 Å². The molecular formula is C14H17N3O2. The first-order valence-corrected chi connectivity index (χ1v) is 6.00. The number of hydrogen-bond donors (Lipinski definition) is 1. The van der Waals surface area contributed by atoms with Crippen molar-refractivity contribution in [3.63, 3.8) is 0 Å². The molecule has 0 bridgehead atoms. The molecule has 0 unspecified atom stereocenters. The number of carbonyl (C=O) groups is 1. The normalized spacial score (nSPS) is 10.3. The van der Waals surface area contributed by atoms with Crippen LogP contribution in [0, 0.1) is 6.92 Å². The monoisotopic (exact) mass is 259 g/mol. The van der Waals surface area contributed by atoms with Gasteiger partial charge in [-0.1, -0.05) is 12.1 Å². The second kappa shape index (κ2) is 5.56. The molecule has 0 aliphatic carbocycles. The average molecular weight is 259 g/mol. The van der Waals surface area contributed by atoms with Crippen molar-refractivity contribution >= 4 is 5.91 Å². The molecule has 5 heteroatoms. The molecule has 0 saturated heterocycles. The van der Waals surface area contributed by atoms with Gasteiger partial charge < -0.3 is 9.64 Å². The van der Waals surface area contributed by atoms with Crippen LogP contribution in [0.15, 0.2) is 30.5 Å². The Kier molecular flexibility index (Phi) is 3.85. The lowest BCUT2D eigenvalue weighted by atomic mass is 10.2. The van der Waals surface area contributed by atoms with E-state index in [1.807, 2.05) is 31.2 Å². The molecule has 1 aromatic carbocycles. The number of aryl methyl sites for hydroxylation is 1. The third-order valence-electron chi connectivity index (χ3n) is 2.94. The molecule has 0 aliphatic rings. The first-order chi connectivity index (χ1) is 9.11. The second-order valence-electron chi connectivity index (χ2n) is 4.44. The fourth-order valence-corrected chi connectivity index (χ4v) is 1.87. The molecule has 1 amide bonds. The molecule has 100 valence electrons. The van der Waals surface area contributed by atoms with Crippen molar-refractivity contribution in [1.82, 2.24) is 15.1 Å². The minimum absolute atomic E-state index is 0.0715. The fraction of sp³-hybridized carbons (Fsp3) is 0.286. The highest BCUT2D eigenvalue weighted by Crippen LogP contribution is 2.15. The number of aromatic amines is 1. The maximum Gasteiger partial charge on any atom is 0.272 e. The van der Waals surface area contributed by atoms with Crippen molar-refractivity contribution in [1.29, 1.82) is 0 Å². The van der Waals surface area contributed by atoms with Gasteiger partial charge in [0.05, 0.1) is 13.3 Å². The lowest BCUT2D eigenvalue weighted by Gasteiger charge is -2.17. The summed E-state index contributed by atoms with van der Waals surface area (Å²) in [7, 11) is 3.39. The van der Waals surface area contributed by atoms with Crippen molar-refractivity contribution in [3.05, 3.63) is 47.3 Å². The average Bonchev–Trinajstić information content (AvgIpc) is 2.84. The van der Waals surface area contributed by atoms with Gasteiger partial charge >= 0.3 is 0 Å². The molecule has 0 spiro atoms. The topological polar surface area (TPSA) is 58.2 Å². The van der Waals surface area contributed by atoms with E-state index >= 15 is 0 Å². The molecule has 1 N–H and O–H groups in total. The summed E-state index contributed by atoms with van der Waals surface area (Å²) in [5.74, 6) is 0.717. The molecule has 5 nitrogen and oxygen atoms in total. The van der Waals surface area contributed by atoms with E-state index < -0.39 is 0 Å². The maximum absolute atomic E-state index is 12.2. The minimum atomic E-state index is -0.0715. The van der Waals surface area contributed by atoms with Gasteiger partial charge in [-0.2, -0.15) is 5.10 Å². The number of carbonyl (C=O) groups excluding carboxylic acids is 1. The van der Waals surface area contributed by atoms with Crippen molar-refractivity contribution in [2.75, 3.05) is 14.2 Å². The molecule has 0 saturated carbocycles. The Labute approximate surface area is 112 Å². The molecular weight excluding hydrogens is 242 g/mol. The van der Waals surface area contributed by atoms with Crippen molar-refractivity contribution in [3.8, 4) is 5.75 Å². The smallest absolute Gasteiger partial charge is 0.272 e. The number of nitrogens with zero attached hydrogens (tertiary/aromatic N) is 2. The van der Waals surface area contributed by atoms with Crippen LogP contribution in [0.2, 0.25) is 0 Å². The van der Waals surface area contributed by atoms with Crippen LogP contribution >= 0.6 is 0 Å². The molecule has 0 radical (unpaired) electrons. The number of hydrogen-bond acceptors (Lipinski definition) is 3. The van der Waals surface area contributed by atoms with Crippen molar-refractivity contribution < 1.29 is 9.53 Å². The Hall–Kier alpha value is -2.30. The van der Waals surface area contributed by atoms with E-state index in [0.29, 0.717) is 12.2 Å². The lowest BCUT2D eigenvalue weighted by Crippen LogP contribution is -2.27. The summed E-state index contributed by atoms with van der Waals surface area (Å²) in [6, 6.07) is 7.67. The summed E-state index contributed by atoms with van der Waals surface area (Å²) < 4.78 is 5.17. The SMILES string of the molecule is COc1cccc(CN(C)C(=O)c2[nH]ncc2C)c1. The zero-order valence-corrected chi connectivity index (χ0v) is 11.3. The van der Waals surface area contributed by atoms with Gasteiger partial charge in [0.25, 0.3) is 5.91 Å². The van der Waals surface area contributed by atoms with Gasteiger partial charge in [-0.3, -0.25) is 9.89 Å². The van der Waals surface area contributed by atoms with E-state index in [-0.39, 0.29) is 5.91 Å². The van der Waals surface area contributed by atoms with Gasteiger partial charge in [-0.05, 0) is 30.2 Å². The van der Waals surface area contributed by atoms with Gasteiger partial charge in [0, 0.05) is 13.6 Å². The summed E-state index contributed by atoms with van der Waals surface area (Å²) in [6.07, 6.45) is 1.65. The van der Waals surface area contributed by atoms with E-state index in [1.54, 1.807) is 25.3 Å². The zero-order valence-electron chi connectivity index (χ0n) is 11.3. The lowest BCUT2D eigenvalue weighted by molar-refractivity contribution is 0.0778. The molecule has 19 heavy (non-hydrogen) atoms. The van der Waals surface area contributed by atoms with E-state index in [0.717, 1.165) is 16.9 Å². The Bertz CT molecular complexity index is 578. The number of H-pyrrole nitrogens is 1. The molecule has 0 aliphatic heterocycles. The van der Waals surface area contributed by atoms with Gasteiger partial charge in [-0.15, -0.1) is 0 Å². The van der Waals surface area contributed by atoms with Crippen LogP contribution in [0.4, 0.5) is 0 Å². The van der Waals surface area contributed by atoms with Crippen LogP contribution in [-0.2, 0) is 6.54 Å². The third-order valence-corrected chi connectivity index (χ3v) is 2.94.